The number of nitrogens with one attached hydrogen (secondary N) is 2. The lowest BCUT2D eigenvalue weighted by atomic mass is 9.82. The lowest BCUT2D eigenvalue weighted by Gasteiger charge is -2.37. The van der Waals surface area contributed by atoms with Crippen molar-refractivity contribution in [2.45, 2.75) is 77.0 Å². The Kier molecular flexibility index (Phi) is 4.71. The Bertz CT molecular complexity index is 302. The Morgan fingerprint density at radius 2 is 1.89 bits per heavy atom. The average molecular weight is 268 g/mol. The molecule has 2 aliphatic rings. The number of rotatable bonds is 5. The number of hydrogen-bond donors (Lipinski definition) is 2. The van der Waals surface area contributed by atoms with Crippen LogP contribution in [0.2, 0.25) is 0 Å². The molecule has 2 fully saturated rings. The maximum absolute atomic E-state index is 11.6. The van der Waals surface area contributed by atoms with Gasteiger partial charge in [-0.3, -0.25) is 0 Å². The van der Waals surface area contributed by atoms with Gasteiger partial charge >= 0.3 is 6.09 Å². The summed E-state index contributed by atoms with van der Waals surface area (Å²) in [7, 11) is 0. The number of ether oxygens (including phenoxy) is 1. The van der Waals surface area contributed by atoms with Crippen LogP contribution >= 0.6 is 0 Å². The molecule has 0 radical (unpaired) electrons. The van der Waals surface area contributed by atoms with Gasteiger partial charge in [-0.15, -0.1) is 0 Å². The second-order valence-corrected chi connectivity index (χ2v) is 7.05. The fourth-order valence-electron chi connectivity index (χ4n) is 2.65. The van der Waals surface area contributed by atoms with E-state index in [0.29, 0.717) is 6.04 Å². The van der Waals surface area contributed by atoms with Gasteiger partial charge in [0.25, 0.3) is 0 Å². The summed E-state index contributed by atoms with van der Waals surface area (Å²) in [4.78, 5) is 11.6. The van der Waals surface area contributed by atoms with E-state index in [2.05, 4.69) is 10.6 Å². The normalized spacial score (nSPS) is 27.3. The predicted molar refractivity (Wildman–Crippen MR) is 76.1 cm³/mol. The van der Waals surface area contributed by atoms with Gasteiger partial charge < -0.3 is 15.4 Å². The molecular formula is C15H28N2O2. The van der Waals surface area contributed by atoms with Gasteiger partial charge in [0.1, 0.15) is 5.60 Å². The third kappa shape index (κ3) is 5.01. The van der Waals surface area contributed by atoms with Gasteiger partial charge in [0.2, 0.25) is 0 Å². The average Bonchev–Trinajstić information content (AvgIpc) is 2.14. The smallest absolute Gasteiger partial charge is 0.407 e. The first-order valence-corrected chi connectivity index (χ1v) is 7.65. The number of hydrogen-bond acceptors (Lipinski definition) is 3. The molecule has 0 atom stereocenters. The molecule has 0 saturated heterocycles. The second-order valence-electron chi connectivity index (χ2n) is 7.05. The van der Waals surface area contributed by atoms with E-state index in [1.54, 1.807) is 0 Å². The van der Waals surface area contributed by atoms with Crippen molar-refractivity contribution in [2.75, 3.05) is 6.54 Å². The van der Waals surface area contributed by atoms with Gasteiger partial charge in [-0.2, -0.15) is 0 Å². The molecule has 4 heteroatoms. The molecule has 19 heavy (non-hydrogen) atoms. The van der Waals surface area contributed by atoms with Gasteiger partial charge in [0.15, 0.2) is 0 Å². The molecule has 0 aromatic rings. The monoisotopic (exact) mass is 268 g/mol. The van der Waals surface area contributed by atoms with Crippen LogP contribution in [0, 0.1) is 5.92 Å². The summed E-state index contributed by atoms with van der Waals surface area (Å²) in [6.45, 7) is 6.79. The van der Waals surface area contributed by atoms with Crippen LogP contribution in [0.15, 0.2) is 0 Å². The van der Waals surface area contributed by atoms with Crippen LogP contribution in [0.5, 0.6) is 0 Å². The third-order valence-corrected chi connectivity index (χ3v) is 4.07. The van der Waals surface area contributed by atoms with E-state index < -0.39 is 5.60 Å². The van der Waals surface area contributed by atoms with E-state index in [9.17, 15) is 4.79 Å². The second kappa shape index (κ2) is 6.12. The zero-order valence-electron chi connectivity index (χ0n) is 12.5. The summed E-state index contributed by atoms with van der Waals surface area (Å²) in [6, 6.07) is 0.871. The minimum absolute atomic E-state index is 0.287. The predicted octanol–water partition coefficient (Wildman–Crippen LogP) is 2.82. The van der Waals surface area contributed by atoms with E-state index in [1.807, 2.05) is 20.8 Å². The number of carbonyl (C=O) groups excluding carboxylic acids is 1. The lowest BCUT2D eigenvalue weighted by molar-refractivity contribution is 0.0465. The van der Waals surface area contributed by atoms with Gasteiger partial charge in [-0.05, 0) is 52.5 Å². The summed E-state index contributed by atoms with van der Waals surface area (Å²) in [5.74, 6) is 0.975. The van der Waals surface area contributed by atoms with E-state index >= 15 is 0 Å². The van der Waals surface area contributed by atoms with Crippen LogP contribution in [0.25, 0.3) is 0 Å². The van der Waals surface area contributed by atoms with Crippen molar-refractivity contribution in [2.24, 2.45) is 5.92 Å². The van der Waals surface area contributed by atoms with E-state index in [0.717, 1.165) is 25.3 Å². The first-order valence-electron chi connectivity index (χ1n) is 7.65. The van der Waals surface area contributed by atoms with Gasteiger partial charge in [0.05, 0.1) is 0 Å². The number of alkyl carbamates (subject to hydrolysis) is 1. The largest absolute Gasteiger partial charge is 0.444 e. The molecule has 1 amide bonds. The van der Waals surface area contributed by atoms with E-state index in [-0.39, 0.29) is 12.1 Å². The Morgan fingerprint density at radius 1 is 1.21 bits per heavy atom. The zero-order chi connectivity index (χ0) is 13.9. The number of amides is 1. The van der Waals surface area contributed by atoms with Crippen molar-refractivity contribution in [3.05, 3.63) is 0 Å². The van der Waals surface area contributed by atoms with Crippen molar-refractivity contribution >= 4 is 6.09 Å². The molecule has 110 valence electrons. The summed E-state index contributed by atoms with van der Waals surface area (Å²) in [5, 5.41) is 6.50. The molecule has 0 aromatic carbocycles. The van der Waals surface area contributed by atoms with Gasteiger partial charge in [0, 0.05) is 12.1 Å². The van der Waals surface area contributed by atoms with Crippen LogP contribution in [-0.4, -0.2) is 30.3 Å². The molecular weight excluding hydrogens is 240 g/mol. The summed E-state index contributed by atoms with van der Waals surface area (Å²) >= 11 is 0. The minimum Gasteiger partial charge on any atom is -0.444 e. The first-order chi connectivity index (χ1) is 8.92. The highest BCUT2D eigenvalue weighted by molar-refractivity contribution is 5.68. The minimum atomic E-state index is -0.408. The maximum Gasteiger partial charge on any atom is 0.407 e. The fourth-order valence-corrected chi connectivity index (χ4v) is 2.65. The molecule has 0 aliphatic heterocycles. The van der Waals surface area contributed by atoms with E-state index in [4.69, 9.17) is 4.74 Å². The van der Waals surface area contributed by atoms with Gasteiger partial charge in [-0.25, -0.2) is 4.79 Å². The van der Waals surface area contributed by atoms with E-state index in [1.165, 1.54) is 25.7 Å². The Balaban J connectivity index is 1.49. The molecule has 2 N–H and O–H groups in total. The fraction of sp³-hybridized carbons (Fsp3) is 0.933. The van der Waals surface area contributed by atoms with Crippen LogP contribution in [-0.2, 0) is 4.74 Å². The quantitative estimate of drug-likeness (QED) is 0.806. The molecule has 0 unspecified atom stereocenters. The molecule has 2 aliphatic carbocycles. The Morgan fingerprint density at radius 3 is 2.42 bits per heavy atom. The lowest BCUT2D eigenvalue weighted by Crippen LogP contribution is -2.53. The molecule has 0 bridgehead atoms. The van der Waals surface area contributed by atoms with Crippen molar-refractivity contribution in [3.8, 4) is 0 Å². The zero-order valence-corrected chi connectivity index (χ0v) is 12.5. The molecule has 0 heterocycles. The number of carbonyl (C=O) groups is 1. The van der Waals surface area contributed by atoms with Crippen LogP contribution < -0.4 is 10.6 Å². The van der Waals surface area contributed by atoms with Gasteiger partial charge in [-0.1, -0.05) is 19.3 Å². The molecule has 2 rings (SSSR count). The highest BCUT2D eigenvalue weighted by Gasteiger charge is 2.31. The van der Waals surface area contributed by atoms with Crippen molar-refractivity contribution in [1.82, 2.24) is 10.6 Å². The van der Waals surface area contributed by atoms with Crippen LogP contribution in [0.3, 0.4) is 0 Å². The first kappa shape index (κ1) is 14.6. The van der Waals surface area contributed by atoms with Crippen LogP contribution in [0.1, 0.15) is 59.3 Å². The topological polar surface area (TPSA) is 50.4 Å². The van der Waals surface area contributed by atoms with Crippen molar-refractivity contribution in [1.29, 1.82) is 0 Å². The summed E-state index contributed by atoms with van der Waals surface area (Å²) in [5.41, 5.74) is -0.408. The molecule has 4 nitrogen and oxygen atoms in total. The SMILES string of the molecule is CC(C)(C)OC(=O)NC1CC(NCCC2CCC2)C1. The van der Waals surface area contributed by atoms with Crippen molar-refractivity contribution in [3.63, 3.8) is 0 Å². The summed E-state index contributed by atoms with van der Waals surface area (Å²) in [6.07, 6.45) is 7.37. The third-order valence-electron chi connectivity index (χ3n) is 4.07. The molecule has 2 saturated carbocycles. The van der Waals surface area contributed by atoms with Crippen molar-refractivity contribution < 1.29 is 9.53 Å². The summed E-state index contributed by atoms with van der Waals surface area (Å²) < 4.78 is 5.24. The molecule has 0 spiro atoms. The molecule has 0 aromatic heterocycles. The highest BCUT2D eigenvalue weighted by Crippen LogP contribution is 2.29. The highest BCUT2D eigenvalue weighted by atomic mass is 16.6. The Hall–Kier alpha value is -0.770. The Labute approximate surface area is 116 Å². The van der Waals surface area contributed by atoms with Crippen LogP contribution in [0.4, 0.5) is 4.79 Å². The maximum atomic E-state index is 11.6. The standard InChI is InChI=1S/C15H28N2O2/c1-15(2,3)19-14(18)17-13-9-12(10-13)16-8-7-11-5-4-6-11/h11-13,16H,4-10H2,1-3H3,(H,17,18).